The summed E-state index contributed by atoms with van der Waals surface area (Å²) in [7, 11) is 0. The summed E-state index contributed by atoms with van der Waals surface area (Å²) < 4.78 is 37.8. The van der Waals surface area contributed by atoms with Crippen LogP contribution in [0.1, 0.15) is 18.4 Å². The highest BCUT2D eigenvalue weighted by molar-refractivity contribution is 5.74. The number of halogens is 3. The SMILES string of the molecule is O=C(O)CCCNC(=O)NCCNc1ccc(C(F)(F)F)cc1[N+](=O)[O-]. The van der Waals surface area contributed by atoms with E-state index in [1.54, 1.807) is 0 Å². The molecule has 0 atom stereocenters. The molecule has 1 rings (SSSR count). The van der Waals surface area contributed by atoms with Crippen LogP contribution >= 0.6 is 0 Å². The minimum Gasteiger partial charge on any atom is -0.481 e. The zero-order valence-corrected chi connectivity index (χ0v) is 13.4. The van der Waals surface area contributed by atoms with Crippen molar-refractivity contribution in [1.82, 2.24) is 10.6 Å². The van der Waals surface area contributed by atoms with Gasteiger partial charge in [-0.05, 0) is 18.6 Å². The van der Waals surface area contributed by atoms with Crippen molar-refractivity contribution in [3.63, 3.8) is 0 Å². The first kappa shape index (κ1) is 21.0. The van der Waals surface area contributed by atoms with Crippen molar-refractivity contribution in [2.75, 3.05) is 25.0 Å². The van der Waals surface area contributed by atoms with Crippen LogP contribution in [-0.4, -0.2) is 41.7 Å². The van der Waals surface area contributed by atoms with Gasteiger partial charge >= 0.3 is 18.2 Å². The lowest BCUT2D eigenvalue weighted by molar-refractivity contribution is -0.384. The van der Waals surface area contributed by atoms with Gasteiger partial charge in [0.1, 0.15) is 5.69 Å². The molecule has 26 heavy (non-hydrogen) atoms. The van der Waals surface area contributed by atoms with Crippen LogP contribution in [0.3, 0.4) is 0 Å². The monoisotopic (exact) mass is 378 g/mol. The number of aliphatic carboxylic acids is 1. The molecule has 0 aliphatic carbocycles. The normalized spacial score (nSPS) is 10.9. The standard InChI is InChI=1S/C14H17F3N4O5/c15-14(16,17)9-3-4-10(11(8-9)21(25)26)18-6-7-20-13(24)19-5-1-2-12(22)23/h3-4,8,18H,1-2,5-7H2,(H,22,23)(H2,19,20,24). The third kappa shape index (κ3) is 7.23. The van der Waals surface area contributed by atoms with E-state index in [1.807, 2.05) is 0 Å². The van der Waals surface area contributed by atoms with Gasteiger partial charge in [-0.25, -0.2) is 4.79 Å². The summed E-state index contributed by atoms with van der Waals surface area (Å²) in [5.74, 6) is -0.977. The second-order valence-electron chi connectivity index (χ2n) is 5.09. The van der Waals surface area contributed by atoms with Gasteiger partial charge in [0.25, 0.3) is 5.69 Å². The molecule has 4 N–H and O–H groups in total. The fourth-order valence-electron chi connectivity index (χ4n) is 1.89. The Balaban J connectivity index is 2.46. The second-order valence-corrected chi connectivity index (χ2v) is 5.09. The summed E-state index contributed by atoms with van der Waals surface area (Å²) in [4.78, 5) is 31.7. The first-order valence-electron chi connectivity index (χ1n) is 7.44. The molecule has 0 spiro atoms. The third-order valence-corrected chi connectivity index (χ3v) is 3.10. The molecule has 0 aromatic heterocycles. The number of nitrogens with zero attached hydrogens (tertiary/aromatic N) is 1. The van der Waals surface area contributed by atoms with Crippen LogP contribution in [0.25, 0.3) is 0 Å². The number of urea groups is 1. The van der Waals surface area contributed by atoms with Gasteiger partial charge in [-0.3, -0.25) is 14.9 Å². The fraction of sp³-hybridized carbons (Fsp3) is 0.429. The van der Waals surface area contributed by atoms with Gasteiger partial charge in [0.15, 0.2) is 0 Å². The van der Waals surface area contributed by atoms with Crippen molar-refractivity contribution in [3.05, 3.63) is 33.9 Å². The minimum absolute atomic E-state index is 0.0365. The zero-order valence-electron chi connectivity index (χ0n) is 13.4. The lowest BCUT2D eigenvalue weighted by Crippen LogP contribution is -2.38. The highest BCUT2D eigenvalue weighted by Gasteiger charge is 2.32. The Morgan fingerprint density at radius 1 is 1.15 bits per heavy atom. The number of benzene rings is 1. The Bertz CT molecular complexity index is 666. The molecule has 9 nitrogen and oxygen atoms in total. The Morgan fingerprint density at radius 3 is 2.38 bits per heavy atom. The maximum absolute atomic E-state index is 12.6. The van der Waals surface area contributed by atoms with E-state index in [1.165, 1.54) is 0 Å². The molecular weight excluding hydrogens is 361 g/mol. The number of hydrogen-bond acceptors (Lipinski definition) is 5. The van der Waals surface area contributed by atoms with E-state index < -0.39 is 34.4 Å². The molecule has 0 fully saturated rings. The van der Waals surface area contributed by atoms with Crippen LogP contribution in [0.4, 0.5) is 29.3 Å². The van der Waals surface area contributed by atoms with Gasteiger partial charge in [-0.2, -0.15) is 13.2 Å². The van der Waals surface area contributed by atoms with Crippen molar-refractivity contribution in [3.8, 4) is 0 Å². The summed E-state index contributed by atoms with van der Waals surface area (Å²) in [5, 5.41) is 26.8. The highest BCUT2D eigenvalue weighted by atomic mass is 19.4. The van der Waals surface area contributed by atoms with Crippen molar-refractivity contribution in [1.29, 1.82) is 0 Å². The molecule has 144 valence electrons. The summed E-state index contributed by atoms with van der Waals surface area (Å²) >= 11 is 0. The van der Waals surface area contributed by atoms with Gasteiger partial charge in [0.2, 0.25) is 0 Å². The van der Waals surface area contributed by atoms with E-state index in [2.05, 4.69) is 16.0 Å². The predicted octanol–water partition coefficient (Wildman–Crippen LogP) is 2.19. The molecule has 0 heterocycles. The number of hydrogen-bond donors (Lipinski definition) is 4. The third-order valence-electron chi connectivity index (χ3n) is 3.10. The Labute approximate surface area is 145 Å². The molecule has 12 heteroatoms. The molecule has 0 saturated carbocycles. The number of amides is 2. The Kier molecular flexibility index (Phi) is 7.62. The molecule has 0 bridgehead atoms. The average molecular weight is 378 g/mol. The topological polar surface area (TPSA) is 134 Å². The van der Waals surface area contributed by atoms with E-state index in [-0.39, 0.29) is 38.2 Å². The Hall–Kier alpha value is -3.05. The minimum atomic E-state index is -4.69. The molecule has 1 aromatic carbocycles. The Morgan fingerprint density at radius 2 is 1.81 bits per heavy atom. The largest absolute Gasteiger partial charge is 0.481 e. The first-order valence-corrected chi connectivity index (χ1v) is 7.44. The number of nitrogens with one attached hydrogen (secondary N) is 3. The van der Waals surface area contributed by atoms with Crippen molar-refractivity contribution in [2.24, 2.45) is 0 Å². The first-order chi connectivity index (χ1) is 12.1. The van der Waals surface area contributed by atoms with Gasteiger partial charge in [0.05, 0.1) is 10.5 Å². The highest BCUT2D eigenvalue weighted by Crippen LogP contribution is 2.34. The van der Waals surface area contributed by atoms with Crippen LogP contribution in [-0.2, 0) is 11.0 Å². The lowest BCUT2D eigenvalue weighted by atomic mass is 10.1. The molecule has 0 saturated heterocycles. The number of carbonyl (C=O) groups is 2. The molecule has 0 radical (unpaired) electrons. The van der Waals surface area contributed by atoms with E-state index >= 15 is 0 Å². The van der Waals surface area contributed by atoms with Crippen LogP contribution < -0.4 is 16.0 Å². The molecule has 0 aliphatic rings. The van der Waals surface area contributed by atoms with Crippen molar-refractivity contribution in [2.45, 2.75) is 19.0 Å². The lowest BCUT2D eigenvalue weighted by Gasteiger charge is -2.11. The molecule has 0 aliphatic heterocycles. The fourth-order valence-corrected chi connectivity index (χ4v) is 1.89. The van der Waals surface area contributed by atoms with Crippen LogP contribution in [0.15, 0.2) is 18.2 Å². The number of carboxylic acid groups (broad SMARTS) is 1. The number of nitro groups is 1. The number of carboxylic acids is 1. The summed E-state index contributed by atoms with van der Waals surface area (Å²) in [6.07, 6.45) is -4.51. The quantitative estimate of drug-likeness (QED) is 0.296. The number of carbonyl (C=O) groups excluding carboxylic acids is 1. The van der Waals surface area contributed by atoms with Gasteiger partial charge in [-0.15, -0.1) is 0 Å². The smallest absolute Gasteiger partial charge is 0.416 e. The van der Waals surface area contributed by atoms with E-state index in [9.17, 15) is 32.9 Å². The summed E-state index contributed by atoms with van der Waals surface area (Å²) in [6.45, 7) is 0.244. The number of rotatable bonds is 9. The van der Waals surface area contributed by atoms with Gasteiger partial charge < -0.3 is 21.1 Å². The number of alkyl halides is 3. The molecule has 0 unspecified atom stereocenters. The second kappa shape index (κ2) is 9.44. The van der Waals surface area contributed by atoms with Crippen LogP contribution in [0.2, 0.25) is 0 Å². The molecule has 1 aromatic rings. The van der Waals surface area contributed by atoms with Gasteiger partial charge in [0, 0.05) is 32.1 Å². The summed E-state index contributed by atoms with van der Waals surface area (Å²) in [6, 6.07) is 1.55. The maximum atomic E-state index is 12.6. The average Bonchev–Trinajstić information content (AvgIpc) is 2.54. The molecule has 2 amide bonds. The van der Waals surface area contributed by atoms with E-state index in [0.717, 1.165) is 12.1 Å². The zero-order chi connectivity index (χ0) is 19.7. The number of anilines is 1. The van der Waals surface area contributed by atoms with Crippen LogP contribution in [0.5, 0.6) is 0 Å². The van der Waals surface area contributed by atoms with Crippen molar-refractivity contribution < 1.29 is 32.8 Å². The maximum Gasteiger partial charge on any atom is 0.416 e. The molecular formula is C14H17F3N4O5. The number of nitro benzene ring substituents is 1. The summed E-state index contributed by atoms with van der Waals surface area (Å²) in [5.41, 5.74) is -1.96. The van der Waals surface area contributed by atoms with Crippen molar-refractivity contribution >= 4 is 23.4 Å². The van der Waals surface area contributed by atoms with Crippen LogP contribution in [0, 0.1) is 10.1 Å². The van der Waals surface area contributed by atoms with E-state index in [0.29, 0.717) is 6.07 Å². The van der Waals surface area contributed by atoms with E-state index in [4.69, 9.17) is 5.11 Å². The predicted molar refractivity (Wildman–Crippen MR) is 84.9 cm³/mol. The van der Waals surface area contributed by atoms with Gasteiger partial charge in [-0.1, -0.05) is 0 Å².